The molecule has 0 bridgehead atoms. The number of aromatic nitrogens is 2. The van der Waals surface area contributed by atoms with E-state index in [0.717, 1.165) is 24.7 Å². The van der Waals surface area contributed by atoms with Gasteiger partial charge in [0.05, 0.1) is 11.8 Å². The maximum Gasteiger partial charge on any atom is 0.338 e. The molecule has 0 saturated carbocycles. The van der Waals surface area contributed by atoms with Crippen LogP contribution in [0.2, 0.25) is 0 Å². The van der Waals surface area contributed by atoms with Gasteiger partial charge in [0.2, 0.25) is 0 Å². The van der Waals surface area contributed by atoms with Crippen molar-refractivity contribution in [2.45, 2.75) is 19.4 Å². The highest BCUT2D eigenvalue weighted by Crippen LogP contribution is 2.01. The second kappa shape index (κ2) is 5.01. The van der Waals surface area contributed by atoms with Gasteiger partial charge in [-0.15, -0.1) is 0 Å². The molecule has 0 spiro atoms. The number of aromatic carboxylic acids is 1. The van der Waals surface area contributed by atoms with Crippen molar-refractivity contribution < 1.29 is 9.90 Å². The summed E-state index contributed by atoms with van der Waals surface area (Å²) < 4.78 is 1.66. The summed E-state index contributed by atoms with van der Waals surface area (Å²) >= 11 is 3.33. The Balaban J connectivity index is 2.44. The van der Waals surface area contributed by atoms with Crippen molar-refractivity contribution in [1.82, 2.24) is 9.78 Å². The van der Waals surface area contributed by atoms with E-state index in [2.05, 4.69) is 21.0 Å². The molecule has 0 saturated heterocycles. The number of rotatable bonds is 5. The lowest BCUT2D eigenvalue weighted by Crippen LogP contribution is -1.99. The number of alkyl halides is 1. The summed E-state index contributed by atoms with van der Waals surface area (Å²) in [5.74, 6) is -0.924. The van der Waals surface area contributed by atoms with Gasteiger partial charge in [-0.3, -0.25) is 4.68 Å². The Morgan fingerprint density at radius 2 is 2.38 bits per heavy atom. The highest BCUT2D eigenvalue weighted by atomic mass is 79.9. The quantitative estimate of drug-likeness (QED) is 0.637. The molecule has 1 aromatic rings. The number of hydrogen-bond acceptors (Lipinski definition) is 2. The summed E-state index contributed by atoms with van der Waals surface area (Å²) in [5.41, 5.74) is 0.249. The van der Waals surface area contributed by atoms with Crippen molar-refractivity contribution in [3.63, 3.8) is 0 Å². The molecule has 0 unspecified atom stereocenters. The summed E-state index contributed by atoms with van der Waals surface area (Å²) in [6.45, 7) is 0.777. The molecule has 0 aliphatic carbocycles. The number of nitrogens with zero attached hydrogens (tertiary/aromatic N) is 2. The summed E-state index contributed by atoms with van der Waals surface area (Å²) in [4.78, 5) is 10.5. The van der Waals surface area contributed by atoms with E-state index < -0.39 is 5.97 Å². The molecular weight excluding hydrogens is 236 g/mol. The normalized spacial score (nSPS) is 10.2. The van der Waals surface area contributed by atoms with E-state index in [1.807, 2.05) is 0 Å². The zero-order chi connectivity index (χ0) is 9.68. The van der Waals surface area contributed by atoms with Crippen molar-refractivity contribution in [3.8, 4) is 0 Å². The molecule has 13 heavy (non-hydrogen) atoms. The van der Waals surface area contributed by atoms with Crippen molar-refractivity contribution in [1.29, 1.82) is 0 Å². The van der Waals surface area contributed by atoms with Crippen LogP contribution in [0.15, 0.2) is 12.4 Å². The number of carbonyl (C=O) groups is 1. The highest BCUT2D eigenvalue weighted by Gasteiger charge is 2.04. The predicted octanol–water partition coefficient (Wildman–Crippen LogP) is 1.76. The van der Waals surface area contributed by atoms with Gasteiger partial charge in [-0.1, -0.05) is 15.9 Å². The first-order valence-corrected chi connectivity index (χ1v) is 5.18. The lowest BCUT2D eigenvalue weighted by atomic mass is 10.3. The molecule has 0 aromatic carbocycles. The smallest absolute Gasteiger partial charge is 0.338 e. The van der Waals surface area contributed by atoms with Crippen LogP contribution in [0.4, 0.5) is 0 Å². The fourth-order valence-electron chi connectivity index (χ4n) is 0.965. The molecule has 0 atom stereocenters. The van der Waals surface area contributed by atoms with Crippen LogP contribution < -0.4 is 0 Å². The Hall–Kier alpha value is -0.840. The number of unbranched alkanes of at least 4 members (excludes halogenated alkanes) is 1. The third-order valence-corrected chi connectivity index (χ3v) is 2.21. The van der Waals surface area contributed by atoms with Gasteiger partial charge in [0, 0.05) is 18.1 Å². The first kappa shape index (κ1) is 10.2. The van der Waals surface area contributed by atoms with Gasteiger partial charge in [-0.25, -0.2) is 4.79 Å². The molecule has 1 aromatic heterocycles. The first-order chi connectivity index (χ1) is 6.24. The number of aryl methyl sites for hydroxylation is 1. The zero-order valence-electron chi connectivity index (χ0n) is 7.11. The van der Waals surface area contributed by atoms with Crippen LogP contribution in [0.5, 0.6) is 0 Å². The summed E-state index contributed by atoms with van der Waals surface area (Å²) in [5, 5.41) is 13.5. The third-order valence-electron chi connectivity index (χ3n) is 1.65. The summed E-state index contributed by atoms with van der Waals surface area (Å²) in [7, 11) is 0. The molecule has 5 heteroatoms. The fraction of sp³-hybridized carbons (Fsp3) is 0.500. The minimum atomic E-state index is -0.924. The number of carboxylic acids is 1. The Labute approximate surface area is 84.7 Å². The van der Waals surface area contributed by atoms with Gasteiger partial charge in [0.1, 0.15) is 0 Å². The minimum absolute atomic E-state index is 0.249. The number of hydrogen-bond donors (Lipinski definition) is 1. The lowest BCUT2D eigenvalue weighted by Gasteiger charge is -1.97. The number of halogens is 1. The standard InChI is InChI=1S/C8H11BrN2O2/c9-3-1-2-4-11-6-7(5-10-11)8(12)13/h5-6H,1-4H2,(H,12,13). The molecule has 0 amide bonds. The molecule has 72 valence electrons. The van der Waals surface area contributed by atoms with Crippen LogP contribution in [0.25, 0.3) is 0 Å². The largest absolute Gasteiger partial charge is 0.478 e. The second-order valence-corrected chi connectivity index (χ2v) is 3.49. The molecule has 0 aliphatic rings. The second-order valence-electron chi connectivity index (χ2n) is 2.69. The van der Waals surface area contributed by atoms with Crippen LogP contribution >= 0.6 is 15.9 Å². The lowest BCUT2D eigenvalue weighted by molar-refractivity contribution is 0.0697. The van der Waals surface area contributed by atoms with Crippen molar-refractivity contribution in [2.75, 3.05) is 5.33 Å². The fourth-order valence-corrected chi connectivity index (χ4v) is 1.36. The molecule has 1 heterocycles. The first-order valence-electron chi connectivity index (χ1n) is 4.05. The van der Waals surface area contributed by atoms with Gasteiger partial charge in [-0.2, -0.15) is 5.10 Å². The molecule has 1 N–H and O–H groups in total. The maximum atomic E-state index is 10.5. The number of carboxylic acid groups (broad SMARTS) is 1. The Morgan fingerprint density at radius 3 is 2.92 bits per heavy atom. The van der Waals surface area contributed by atoms with Crippen molar-refractivity contribution in [2.24, 2.45) is 0 Å². The monoisotopic (exact) mass is 246 g/mol. The average molecular weight is 247 g/mol. The summed E-state index contributed by atoms with van der Waals surface area (Å²) in [6, 6.07) is 0. The highest BCUT2D eigenvalue weighted by molar-refractivity contribution is 9.09. The molecule has 0 fully saturated rings. The topological polar surface area (TPSA) is 55.1 Å². The summed E-state index contributed by atoms with van der Waals surface area (Å²) in [6.07, 6.45) is 5.00. The third kappa shape index (κ3) is 3.18. The molecular formula is C8H11BrN2O2. The van der Waals surface area contributed by atoms with Gasteiger partial charge >= 0.3 is 5.97 Å². The maximum absolute atomic E-state index is 10.5. The van der Waals surface area contributed by atoms with E-state index in [1.54, 1.807) is 10.9 Å². The van der Waals surface area contributed by atoms with E-state index in [4.69, 9.17) is 5.11 Å². The average Bonchev–Trinajstić information content (AvgIpc) is 2.53. The van der Waals surface area contributed by atoms with Crippen LogP contribution in [0.3, 0.4) is 0 Å². The van der Waals surface area contributed by atoms with E-state index in [9.17, 15) is 4.79 Å². The minimum Gasteiger partial charge on any atom is -0.478 e. The molecule has 0 radical (unpaired) electrons. The van der Waals surface area contributed by atoms with Crippen molar-refractivity contribution >= 4 is 21.9 Å². The van der Waals surface area contributed by atoms with Gasteiger partial charge in [0.15, 0.2) is 0 Å². The predicted molar refractivity (Wildman–Crippen MR) is 52.2 cm³/mol. The van der Waals surface area contributed by atoms with Crippen LogP contribution in [0, 0.1) is 0 Å². The van der Waals surface area contributed by atoms with E-state index in [1.165, 1.54) is 6.20 Å². The van der Waals surface area contributed by atoms with Crippen molar-refractivity contribution in [3.05, 3.63) is 18.0 Å². The van der Waals surface area contributed by atoms with E-state index in [-0.39, 0.29) is 5.56 Å². The Kier molecular flexibility index (Phi) is 3.95. The van der Waals surface area contributed by atoms with Crippen LogP contribution in [0.1, 0.15) is 23.2 Å². The molecule has 4 nitrogen and oxygen atoms in total. The van der Waals surface area contributed by atoms with Gasteiger partial charge in [-0.05, 0) is 12.8 Å². The Bertz CT molecular complexity index is 285. The van der Waals surface area contributed by atoms with Gasteiger partial charge in [0.25, 0.3) is 0 Å². The van der Waals surface area contributed by atoms with Crippen LogP contribution in [-0.4, -0.2) is 26.2 Å². The van der Waals surface area contributed by atoms with E-state index >= 15 is 0 Å². The molecule has 0 aliphatic heterocycles. The molecule has 1 rings (SSSR count). The SMILES string of the molecule is O=C(O)c1cnn(CCCCBr)c1. The van der Waals surface area contributed by atoms with Gasteiger partial charge < -0.3 is 5.11 Å². The van der Waals surface area contributed by atoms with Crippen LogP contribution in [-0.2, 0) is 6.54 Å². The zero-order valence-corrected chi connectivity index (χ0v) is 8.70. The van der Waals surface area contributed by atoms with E-state index in [0.29, 0.717) is 0 Å². The Morgan fingerprint density at radius 1 is 1.62 bits per heavy atom.